The van der Waals surface area contributed by atoms with Crippen LogP contribution in [0, 0.1) is 0 Å². The Morgan fingerprint density at radius 3 is 1.52 bits per heavy atom. The second kappa shape index (κ2) is 9.76. The fourth-order valence-corrected chi connectivity index (χ4v) is 3.48. The lowest BCUT2D eigenvalue weighted by Crippen LogP contribution is -2.21. The molecule has 4 aromatic rings. The fourth-order valence-electron chi connectivity index (χ4n) is 3.48. The van der Waals surface area contributed by atoms with Crippen LogP contribution in [0.1, 0.15) is 13.8 Å². The van der Waals surface area contributed by atoms with Crippen molar-refractivity contribution in [1.82, 2.24) is 0 Å². The van der Waals surface area contributed by atoms with E-state index in [1.165, 1.54) is 5.69 Å². The quantitative estimate of drug-likeness (QED) is 0.283. The van der Waals surface area contributed by atoms with E-state index in [4.69, 9.17) is 0 Å². The van der Waals surface area contributed by atoms with Crippen molar-refractivity contribution in [2.75, 3.05) is 18.0 Å². The first-order chi connectivity index (χ1) is 15.3. The van der Waals surface area contributed by atoms with Crippen LogP contribution in [0.2, 0.25) is 0 Å². The highest BCUT2D eigenvalue weighted by Gasteiger charge is 2.06. The molecule has 0 aliphatic rings. The average molecular weight is 408 g/mol. The van der Waals surface area contributed by atoms with Crippen molar-refractivity contribution in [3.8, 4) is 0 Å². The molecule has 5 heteroatoms. The normalized spacial score (nSPS) is 11.5. The van der Waals surface area contributed by atoms with Gasteiger partial charge in [-0.15, -0.1) is 10.2 Å². The van der Waals surface area contributed by atoms with Crippen LogP contribution in [0.3, 0.4) is 0 Å². The highest BCUT2D eigenvalue weighted by Crippen LogP contribution is 2.35. The summed E-state index contributed by atoms with van der Waals surface area (Å²) in [5, 5.41) is 19.8. The molecule has 0 fully saturated rings. The van der Waals surface area contributed by atoms with Gasteiger partial charge >= 0.3 is 0 Å². The maximum Gasteiger partial charge on any atom is 0.0936 e. The zero-order valence-electron chi connectivity index (χ0n) is 17.8. The van der Waals surface area contributed by atoms with Crippen LogP contribution in [0.25, 0.3) is 10.8 Å². The molecule has 0 heterocycles. The molecule has 0 N–H and O–H groups in total. The zero-order valence-corrected chi connectivity index (χ0v) is 17.8. The minimum atomic E-state index is 0.807. The number of hydrogen-bond donors (Lipinski definition) is 0. The van der Waals surface area contributed by atoms with Gasteiger partial charge in [0.15, 0.2) is 0 Å². The molecule has 0 saturated heterocycles. The number of azo groups is 2. The summed E-state index contributed by atoms with van der Waals surface area (Å²) in [5.41, 5.74) is 4.46. The van der Waals surface area contributed by atoms with E-state index in [2.05, 4.69) is 51.3 Å². The number of hydrogen-bond acceptors (Lipinski definition) is 5. The lowest BCUT2D eigenvalue weighted by molar-refractivity contribution is 0.866. The summed E-state index contributed by atoms with van der Waals surface area (Å²) in [6.45, 7) is 6.28. The Bertz CT molecular complexity index is 1190. The Hall–Kier alpha value is -3.86. The van der Waals surface area contributed by atoms with E-state index < -0.39 is 0 Å². The van der Waals surface area contributed by atoms with Crippen molar-refractivity contribution < 1.29 is 0 Å². The third-order valence-electron chi connectivity index (χ3n) is 5.16. The molecule has 4 rings (SSSR count). The van der Waals surface area contributed by atoms with Crippen molar-refractivity contribution in [3.05, 3.63) is 91.0 Å². The van der Waals surface area contributed by atoms with E-state index in [1.807, 2.05) is 78.9 Å². The number of benzene rings is 4. The molecule has 31 heavy (non-hydrogen) atoms. The molecule has 0 aliphatic carbocycles. The second-order valence-corrected chi connectivity index (χ2v) is 7.07. The van der Waals surface area contributed by atoms with E-state index in [1.54, 1.807) is 0 Å². The standard InChI is InChI=1S/C26H25N5/c1-3-31(4-2)22-16-14-21(15-17-22)28-30-26-19-18-25(23-12-8-9-13-24(23)26)29-27-20-10-6-5-7-11-20/h5-19H,3-4H2,1-2H3. The van der Waals surface area contributed by atoms with Gasteiger partial charge in [-0.2, -0.15) is 10.2 Å². The van der Waals surface area contributed by atoms with Crippen molar-refractivity contribution in [2.45, 2.75) is 13.8 Å². The topological polar surface area (TPSA) is 52.7 Å². The summed E-state index contributed by atoms with van der Waals surface area (Å²) in [7, 11) is 0. The SMILES string of the molecule is CCN(CC)c1ccc(N=Nc2ccc(N=Nc3ccccc3)c3ccccc23)cc1. The first-order valence-corrected chi connectivity index (χ1v) is 10.5. The third-order valence-corrected chi connectivity index (χ3v) is 5.16. The van der Waals surface area contributed by atoms with Gasteiger partial charge in [0.25, 0.3) is 0 Å². The van der Waals surface area contributed by atoms with Crippen molar-refractivity contribution in [1.29, 1.82) is 0 Å². The van der Waals surface area contributed by atoms with Gasteiger partial charge in [0, 0.05) is 29.5 Å². The predicted molar refractivity (Wildman–Crippen MR) is 129 cm³/mol. The summed E-state index contributed by atoms with van der Waals surface area (Å²) in [6, 6.07) is 29.8. The second-order valence-electron chi connectivity index (χ2n) is 7.07. The van der Waals surface area contributed by atoms with Crippen LogP contribution in [-0.2, 0) is 0 Å². The van der Waals surface area contributed by atoms with Gasteiger partial charge in [-0.05, 0) is 62.4 Å². The Morgan fingerprint density at radius 2 is 1.00 bits per heavy atom. The maximum absolute atomic E-state index is 4.52. The molecular formula is C26H25N5. The van der Waals surface area contributed by atoms with Crippen LogP contribution in [0.4, 0.5) is 28.4 Å². The van der Waals surface area contributed by atoms with E-state index in [-0.39, 0.29) is 0 Å². The van der Waals surface area contributed by atoms with Gasteiger partial charge in [0.1, 0.15) is 0 Å². The molecule has 0 atom stereocenters. The number of rotatable bonds is 7. The Balaban J connectivity index is 1.61. The highest BCUT2D eigenvalue weighted by molar-refractivity contribution is 5.99. The number of fused-ring (bicyclic) bond motifs is 1. The first-order valence-electron chi connectivity index (χ1n) is 10.5. The molecule has 5 nitrogen and oxygen atoms in total. The van der Waals surface area contributed by atoms with E-state index in [0.717, 1.165) is 46.6 Å². The lowest BCUT2D eigenvalue weighted by Gasteiger charge is -2.20. The smallest absolute Gasteiger partial charge is 0.0936 e. The van der Waals surface area contributed by atoms with Crippen LogP contribution in [0.5, 0.6) is 0 Å². The largest absolute Gasteiger partial charge is 0.372 e. The molecule has 0 amide bonds. The molecule has 0 aliphatic heterocycles. The van der Waals surface area contributed by atoms with Crippen molar-refractivity contribution in [2.24, 2.45) is 20.5 Å². The number of nitrogens with zero attached hydrogens (tertiary/aromatic N) is 5. The van der Waals surface area contributed by atoms with Gasteiger partial charge in [-0.1, -0.05) is 42.5 Å². The van der Waals surface area contributed by atoms with E-state index >= 15 is 0 Å². The monoisotopic (exact) mass is 407 g/mol. The molecule has 0 saturated carbocycles. The Labute approximate surface area is 182 Å². The van der Waals surface area contributed by atoms with Crippen molar-refractivity contribution >= 4 is 39.2 Å². The summed E-state index contributed by atoms with van der Waals surface area (Å²) in [5.74, 6) is 0. The Morgan fingerprint density at radius 1 is 0.516 bits per heavy atom. The minimum absolute atomic E-state index is 0.807. The van der Waals surface area contributed by atoms with Crippen molar-refractivity contribution in [3.63, 3.8) is 0 Å². The minimum Gasteiger partial charge on any atom is -0.372 e. The molecule has 0 aromatic heterocycles. The van der Waals surface area contributed by atoms with E-state index in [0.29, 0.717) is 0 Å². The van der Waals surface area contributed by atoms with Gasteiger partial charge in [-0.3, -0.25) is 0 Å². The molecular weight excluding hydrogens is 382 g/mol. The molecule has 0 radical (unpaired) electrons. The maximum atomic E-state index is 4.52. The fraction of sp³-hybridized carbons (Fsp3) is 0.154. The van der Waals surface area contributed by atoms with Crippen LogP contribution >= 0.6 is 0 Å². The number of anilines is 1. The van der Waals surface area contributed by atoms with Crippen LogP contribution in [-0.4, -0.2) is 13.1 Å². The summed E-state index contributed by atoms with van der Waals surface area (Å²) < 4.78 is 0. The predicted octanol–water partition coefficient (Wildman–Crippen LogP) is 8.52. The molecule has 0 unspecified atom stereocenters. The Kier molecular flexibility index (Phi) is 6.43. The molecule has 154 valence electrons. The van der Waals surface area contributed by atoms with Gasteiger partial charge < -0.3 is 4.90 Å². The van der Waals surface area contributed by atoms with Gasteiger partial charge in [0.05, 0.1) is 22.7 Å². The van der Waals surface area contributed by atoms with E-state index in [9.17, 15) is 0 Å². The third kappa shape index (κ3) is 4.83. The molecule has 0 spiro atoms. The molecule has 4 aromatic carbocycles. The average Bonchev–Trinajstić information content (AvgIpc) is 2.84. The van der Waals surface area contributed by atoms with Crippen LogP contribution in [0.15, 0.2) is 111 Å². The molecule has 0 bridgehead atoms. The van der Waals surface area contributed by atoms with Crippen LogP contribution < -0.4 is 4.90 Å². The van der Waals surface area contributed by atoms with Gasteiger partial charge in [-0.25, -0.2) is 0 Å². The zero-order chi connectivity index (χ0) is 21.5. The summed E-state index contributed by atoms with van der Waals surface area (Å²) >= 11 is 0. The summed E-state index contributed by atoms with van der Waals surface area (Å²) in [6.07, 6.45) is 0. The summed E-state index contributed by atoms with van der Waals surface area (Å²) in [4.78, 5) is 2.30. The first kappa shape index (κ1) is 20.4. The van der Waals surface area contributed by atoms with Gasteiger partial charge in [0.2, 0.25) is 0 Å². The highest BCUT2D eigenvalue weighted by atomic mass is 15.1. The lowest BCUT2D eigenvalue weighted by atomic mass is 10.1.